The average molecular weight is 451 g/mol. The maximum Gasteiger partial charge on any atom is 0.264 e. The summed E-state index contributed by atoms with van der Waals surface area (Å²) in [7, 11) is -0.490. The van der Waals surface area contributed by atoms with Crippen LogP contribution in [0.25, 0.3) is 11.5 Å². The van der Waals surface area contributed by atoms with E-state index in [1.54, 1.807) is 68.0 Å². The lowest BCUT2D eigenvalue weighted by Gasteiger charge is -2.19. The Kier molecular flexibility index (Phi) is 6.13. The van der Waals surface area contributed by atoms with E-state index in [1.165, 1.54) is 11.4 Å². The van der Waals surface area contributed by atoms with Gasteiger partial charge in [0, 0.05) is 12.6 Å². The van der Waals surface area contributed by atoms with Crippen molar-refractivity contribution in [2.24, 2.45) is 0 Å². The second kappa shape index (κ2) is 9.15. The Hall–Kier alpha value is -3.78. The quantitative estimate of drug-likeness (QED) is 0.385. The predicted octanol–water partition coefficient (Wildman–Crippen LogP) is 4.75. The highest BCUT2D eigenvalue weighted by atomic mass is 32.2. The molecule has 4 aromatic rings. The first kappa shape index (κ1) is 21.5. The van der Waals surface area contributed by atoms with E-state index in [9.17, 15) is 8.42 Å². The number of benzene rings is 3. The van der Waals surface area contributed by atoms with Crippen LogP contribution in [0.3, 0.4) is 0 Å². The van der Waals surface area contributed by atoms with Crippen molar-refractivity contribution in [1.82, 2.24) is 4.98 Å². The topological polar surface area (TPSA) is 81.9 Å². The zero-order valence-corrected chi connectivity index (χ0v) is 18.5. The van der Waals surface area contributed by atoms with E-state index in [-0.39, 0.29) is 11.5 Å². The van der Waals surface area contributed by atoms with Gasteiger partial charge in [0.2, 0.25) is 5.89 Å². The van der Waals surface area contributed by atoms with Crippen LogP contribution in [-0.4, -0.2) is 27.6 Å². The molecule has 1 aromatic heterocycles. The molecule has 4 rings (SSSR count). The summed E-state index contributed by atoms with van der Waals surface area (Å²) in [4.78, 5) is 4.68. The molecule has 164 valence electrons. The molecule has 0 fully saturated rings. The van der Waals surface area contributed by atoms with Crippen molar-refractivity contribution in [3.05, 3.63) is 90.8 Å². The lowest BCUT2D eigenvalue weighted by Crippen LogP contribution is -2.26. The van der Waals surface area contributed by atoms with Crippen LogP contribution >= 0.6 is 0 Å². The molecule has 3 aromatic carbocycles. The molecular weight excluding hydrogens is 428 g/mol. The van der Waals surface area contributed by atoms with Gasteiger partial charge in [0.1, 0.15) is 30.1 Å². The fraction of sp³-hybridized carbons (Fsp3) is 0.125. The SMILES string of the molecule is COc1ccc(-c2nc(COc3ccc(N(C)S(=O)(=O)c4ccccc4)cc3)co2)cc1. The van der Waals surface area contributed by atoms with E-state index in [0.717, 1.165) is 11.3 Å². The van der Waals surface area contributed by atoms with Crippen LogP contribution in [0.2, 0.25) is 0 Å². The summed E-state index contributed by atoms with van der Waals surface area (Å²) >= 11 is 0. The standard InChI is InChI=1S/C24H22N2O5S/c1-26(32(27,28)23-6-4-3-5-7-23)20-10-14-22(15-11-20)30-16-19-17-31-24(25-19)18-8-12-21(29-2)13-9-18/h3-15,17H,16H2,1-2H3. The summed E-state index contributed by atoms with van der Waals surface area (Å²) in [6.45, 7) is 0.219. The number of sulfonamides is 1. The number of anilines is 1. The number of methoxy groups -OCH3 is 1. The van der Waals surface area contributed by atoms with Gasteiger partial charge in [0.15, 0.2) is 0 Å². The molecule has 7 nitrogen and oxygen atoms in total. The molecular formula is C24H22N2O5S. The summed E-state index contributed by atoms with van der Waals surface area (Å²) in [6, 6.07) is 22.6. The van der Waals surface area contributed by atoms with Gasteiger partial charge in [-0.3, -0.25) is 4.31 Å². The molecule has 0 aliphatic heterocycles. The summed E-state index contributed by atoms with van der Waals surface area (Å²) in [5.41, 5.74) is 2.01. The first-order valence-electron chi connectivity index (χ1n) is 9.83. The van der Waals surface area contributed by atoms with Crippen LogP contribution in [0.5, 0.6) is 11.5 Å². The van der Waals surface area contributed by atoms with Gasteiger partial charge in [-0.05, 0) is 60.7 Å². The number of ether oxygens (including phenoxy) is 2. The van der Waals surface area contributed by atoms with E-state index in [0.29, 0.717) is 23.0 Å². The van der Waals surface area contributed by atoms with Crippen LogP contribution in [0.1, 0.15) is 5.69 Å². The molecule has 0 saturated heterocycles. The lowest BCUT2D eigenvalue weighted by molar-refractivity contribution is 0.301. The zero-order valence-electron chi connectivity index (χ0n) is 17.6. The van der Waals surface area contributed by atoms with Gasteiger partial charge in [-0.15, -0.1) is 0 Å². The van der Waals surface area contributed by atoms with E-state index in [1.807, 2.05) is 24.3 Å². The van der Waals surface area contributed by atoms with Crippen molar-refractivity contribution in [3.63, 3.8) is 0 Å². The van der Waals surface area contributed by atoms with Gasteiger partial charge in [0.05, 0.1) is 17.7 Å². The fourth-order valence-electron chi connectivity index (χ4n) is 3.04. The summed E-state index contributed by atoms with van der Waals surface area (Å²) in [5, 5.41) is 0. The molecule has 1 heterocycles. The number of rotatable bonds is 8. The molecule has 0 atom stereocenters. The fourth-order valence-corrected chi connectivity index (χ4v) is 4.25. The summed E-state index contributed by atoms with van der Waals surface area (Å²) in [6.07, 6.45) is 1.55. The second-order valence-electron chi connectivity index (χ2n) is 6.94. The first-order chi connectivity index (χ1) is 15.5. The van der Waals surface area contributed by atoms with Gasteiger partial charge in [-0.25, -0.2) is 13.4 Å². The molecule has 0 unspecified atom stereocenters. The molecule has 0 spiro atoms. The third-order valence-electron chi connectivity index (χ3n) is 4.88. The van der Waals surface area contributed by atoms with E-state index >= 15 is 0 Å². The number of oxazole rings is 1. The highest BCUT2D eigenvalue weighted by Crippen LogP contribution is 2.25. The molecule has 0 amide bonds. The van der Waals surface area contributed by atoms with Crippen molar-refractivity contribution in [3.8, 4) is 23.0 Å². The van der Waals surface area contributed by atoms with Gasteiger partial charge >= 0.3 is 0 Å². The van der Waals surface area contributed by atoms with Gasteiger partial charge in [0.25, 0.3) is 10.0 Å². The lowest BCUT2D eigenvalue weighted by atomic mass is 10.2. The van der Waals surface area contributed by atoms with Crippen molar-refractivity contribution in [2.45, 2.75) is 11.5 Å². The molecule has 0 radical (unpaired) electrons. The van der Waals surface area contributed by atoms with Crippen LogP contribution in [0.15, 0.2) is 94.4 Å². The highest BCUT2D eigenvalue weighted by Gasteiger charge is 2.20. The van der Waals surface area contributed by atoms with Crippen molar-refractivity contribution >= 4 is 15.7 Å². The number of nitrogens with zero attached hydrogens (tertiary/aromatic N) is 2. The third-order valence-corrected chi connectivity index (χ3v) is 6.68. The van der Waals surface area contributed by atoms with Crippen LogP contribution in [0.4, 0.5) is 5.69 Å². The number of aromatic nitrogens is 1. The summed E-state index contributed by atoms with van der Waals surface area (Å²) < 4.78 is 43.2. The Bertz CT molecular complexity index is 1270. The Morgan fingerprint density at radius 1 is 0.906 bits per heavy atom. The highest BCUT2D eigenvalue weighted by molar-refractivity contribution is 7.92. The molecule has 0 aliphatic carbocycles. The zero-order chi connectivity index (χ0) is 22.6. The Morgan fingerprint density at radius 3 is 2.22 bits per heavy atom. The summed E-state index contributed by atoms with van der Waals surface area (Å²) in [5.74, 6) is 1.84. The smallest absolute Gasteiger partial charge is 0.264 e. The van der Waals surface area contributed by atoms with Crippen LogP contribution in [-0.2, 0) is 16.6 Å². The molecule has 0 saturated carbocycles. The normalized spacial score (nSPS) is 11.2. The van der Waals surface area contributed by atoms with E-state index in [2.05, 4.69) is 4.98 Å². The largest absolute Gasteiger partial charge is 0.497 e. The Balaban J connectivity index is 1.40. The second-order valence-corrected chi connectivity index (χ2v) is 8.91. The maximum absolute atomic E-state index is 12.8. The van der Waals surface area contributed by atoms with E-state index in [4.69, 9.17) is 13.9 Å². The third kappa shape index (κ3) is 4.60. The molecule has 32 heavy (non-hydrogen) atoms. The van der Waals surface area contributed by atoms with Crippen LogP contribution in [0, 0.1) is 0 Å². The number of hydrogen-bond donors (Lipinski definition) is 0. The minimum atomic E-state index is -3.63. The first-order valence-corrected chi connectivity index (χ1v) is 11.3. The van der Waals surface area contributed by atoms with Crippen molar-refractivity contribution < 1.29 is 22.3 Å². The Morgan fingerprint density at radius 2 is 1.56 bits per heavy atom. The molecule has 0 bridgehead atoms. The minimum Gasteiger partial charge on any atom is -0.497 e. The van der Waals surface area contributed by atoms with Gasteiger partial charge < -0.3 is 13.9 Å². The number of hydrogen-bond acceptors (Lipinski definition) is 6. The monoisotopic (exact) mass is 450 g/mol. The van der Waals surface area contributed by atoms with Crippen molar-refractivity contribution in [2.75, 3.05) is 18.5 Å². The van der Waals surface area contributed by atoms with Gasteiger partial charge in [-0.1, -0.05) is 18.2 Å². The van der Waals surface area contributed by atoms with Gasteiger partial charge in [-0.2, -0.15) is 0 Å². The predicted molar refractivity (Wildman–Crippen MR) is 121 cm³/mol. The average Bonchev–Trinajstić information content (AvgIpc) is 3.32. The maximum atomic E-state index is 12.8. The van der Waals surface area contributed by atoms with Crippen molar-refractivity contribution in [1.29, 1.82) is 0 Å². The molecule has 0 aliphatic rings. The minimum absolute atomic E-state index is 0.219. The Labute approximate surface area is 186 Å². The van der Waals surface area contributed by atoms with E-state index < -0.39 is 10.0 Å². The molecule has 8 heteroatoms. The molecule has 0 N–H and O–H groups in total. The van der Waals surface area contributed by atoms with Crippen LogP contribution < -0.4 is 13.8 Å².